The second kappa shape index (κ2) is 7.92. The quantitative estimate of drug-likeness (QED) is 0.535. The van der Waals surface area contributed by atoms with Crippen molar-refractivity contribution in [3.05, 3.63) is 0 Å². The van der Waals surface area contributed by atoms with Crippen LogP contribution in [-0.2, 0) is 14.4 Å². The average molecular weight is 268 g/mol. The summed E-state index contributed by atoms with van der Waals surface area (Å²) in [4.78, 5) is 36.1. The molecule has 19 heavy (non-hydrogen) atoms. The number of imide groups is 1. The molecule has 0 radical (unpaired) electrons. The molecule has 0 spiro atoms. The zero-order valence-electron chi connectivity index (χ0n) is 11.9. The Balaban J connectivity index is 2.18. The molecule has 1 aliphatic rings. The van der Waals surface area contributed by atoms with Crippen LogP contribution in [-0.4, -0.2) is 35.7 Å². The van der Waals surface area contributed by atoms with Crippen molar-refractivity contribution < 1.29 is 14.4 Å². The summed E-state index contributed by atoms with van der Waals surface area (Å²) in [6.45, 7) is 5.00. The summed E-state index contributed by atoms with van der Waals surface area (Å²) < 4.78 is 0. The Bertz CT molecular complexity index is 342. The van der Waals surface area contributed by atoms with Crippen LogP contribution in [0.3, 0.4) is 0 Å². The van der Waals surface area contributed by atoms with E-state index in [4.69, 9.17) is 0 Å². The van der Waals surface area contributed by atoms with Crippen LogP contribution in [0.15, 0.2) is 0 Å². The molecule has 3 amide bonds. The largest absolute Gasteiger partial charge is 0.356 e. The van der Waals surface area contributed by atoms with Gasteiger partial charge in [0, 0.05) is 31.8 Å². The lowest BCUT2D eigenvalue weighted by Crippen LogP contribution is -2.31. The summed E-state index contributed by atoms with van der Waals surface area (Å²) in [6.07, 6.45) is 4.08. The van der Waals surface area contributed by atoms with Gasteiger partial charge < -0.3 is 5.32 Å². The SMILES string of the molecule is CCNC(=O)CCCCCN1C(=O)CC(CC)C1=O. The molecule has 1 atom stereocenters. The van der Waals surface area contributed by atoms with E-state index in [1.807, 2.05) is 13.8 Å². The third kappa shape index (κ3) is 4.65. The van der Waals surface area contributed by atoms with E-state index in [0.29, 0.717) is 25.9 Å². The standard InChI is InChI=1S/C14H24N2O3/c1-3-11-10-13(18)16(14(11)19)9-7-5-6-8-12(17)15-4-2/h11H,3-10H2,1-2H3,(H,15,17). The fraction of sp³-hybridized carbons (Fsp3) is 0.786. The number of carbonyl (C=O) groups is 3. The molecule has 0 aromatic carbocycles. The van der Waals surface area contributed by atoms with Gasteiger partial charge in [0.2, 0.25) is 17.7 Å². The van der Waals surface area contributed by atoms with Crippen molar-refractivity contribution in [2.75, 3.05) is 13.1 Å². The minimum atomic E-state index is -0.108. The second-order valence-corrected chi connectivity index (χ2v) is 4.96. The van der Waals surface area contributed by atoms with Gasteiger partial charge in [-0.25, -0.2) is 0 Å². The lowest BCUT2D eigenvalue weighted by Gasteiger charge is -2.14. The van der Waals surface area contributed by atoms with Crippen LogP contribution in [0.1, 0.15) is 52.4 Å². The van der Waals surface area contributed by atoms with E-state index in [-0.39, 0.29) is 23.6 Å². The van der Waals surface area contributed by atoms with Crippen molar-refractivity contribution in [3.8, 4) is 0 Å². The predicted octanol–water partition coefficient (Wildman–Crippen LogP) is 1.47. The van der Waals surface area contributed by atoms with Crippen LogP contribution < -0.4 is 5.32 Å². The van der Waals surface area contributed by atoms with Crippen LogP contribution in [0.4, 0.5) is 0 Å². The maximum atomic E-state index is 11.8. The molecule has 0 aliphatic carbocycles. The second-order valence-electron chi connectivity index (χ2n) is 4.96. The molecule has 0 aromatic heterocycles. The summed E-state index contributed by atoms with van der Waals surface area (Å²) in [5.74, 6) is -0.0958. The fourth-order valence-electron chi connectivity index (χ4n) is 2.32. The van der Waals surface area contributed by atoms with Crippen LogP contribution in [0.5, 0.6) is 0 Å². The summed E-state index contributed by atoms with van der Waals surface area (Å²) in [6, 6.07) is 0. The van der Waals surface area contributed by atoms with Crippen LogP contribution >= 0.6 is 0 Å². The van der Waals surface area contributed by atoms with E-state index in [1.165, 1.54) is 4.90 Å². The molecule has 5 heteroatoms. The Hall–Kier alpha value is -1.39. The zero-order chi connectivity index (χ0) is 14.3. The van der Waals surface area contributed by atoms with Gasteiger partial charge in [-0.15, -0.1) is 0 Å². The first-order valence-corrected chi connectivity index (χ1v) is 7.21. The molecule has 1 unspecified atom stereocenters. The molecule has 0 saturated carbocycles. The van der Waals surface area contributed by atoms with E-state index < -0.39 is 0 Å². The number of hydrogen-bond donors (Lipinski definition) is 1. The molecule has 0 aromatic rings. The summed E-state index contributed by atoms with van der Waals surface area (Å²) in [5.41, 5.74) is 0. The molecule has 1 saturated heterocycles. The van der Waals surface area contributed by atoms with Crippen molar-refractivity contribution in [1.29, 1.82) is 0 Å². The van der Waals surface area contributed by atoms with Gasteiger partial charge in [0.25, 0.3) is 0 Å². The van der Waals surface area contributed by atoms with Gasteiger partial charge in [0.1, 0.15) is 0 Å². The third-order valence-corrected chi connectivity index (χ3v) is 3.49. The van der Waals surface area contributed by atoms with Crippen LogP contribution in [0, 0.1) is 5.92 Å². The number of carbonyl (C=O) groups excluding carboxylic acids is 3. The van der Waals surface area contributed by atoms with Gasteiger partial charge in [0.15, 0.2) is 0 Å². The first-order chi connectivity index (χ1) is 9.10. The molecular weight excluding hydrogens is 244 g/mol. The van der Waals surface area contributed by atoms with Gasteiger partial charge in [-0.1, -0.05) is 13.3 Å². The number of nitrogens with one attached hydrogen (secondary N) is 1. The van der Waals surface area contributed by atoms with Crippen LogP contribution in [0.2, 0.25) is 0 Å². The predicted molar refractivity (Wildman–Crippen MR) is 72.3 cm³/mol. The van der Waals surface area contributed by atoms with E-state index in [9.17, 15) is 14.4 Å². The number of unbranched alkanes of at least 4 members (excludes halogenated alkanes) is 2. The highest BCUT2D eigenvalue weighted by atomic mass is 16.2. The highest BCUT2D eigenvalue weighted by Gasteiger charge is 2.36. The average Bonchev–Trinajstić information content (AvgIpc) is 2.65. The van der Waals surface area contributed by atoms with E-state index in [1.54, 1.807) is 0 Å². The van der Waals surface area contributed by atoms with Gasteiger partial charge in [-0.2, -0.15) is 0 Å². The maximum absolute atomic E-state index is 11.8. The number of hydrogen-bond acceptors (Lipinski definition) is 3. The van der Waals surface area contributed by atoms with Gasteiger partial charge in [0.05, 0.1) is 0 Å². The Morgan fingerprint density at radius 2 is 2.00 bits per heavy atom. The highest BCUT2D eigenvalue weighted by molar-refractivity contribution is 6.03. The lowest BCUT2D eigenvalue weighted by molar-refractivity contribution is -0.139. The normalized spacial score (nSPS) is 19.1. The van der Waals surface area contributed by atoms with Crippen molar-refractivity contribution >= 4 is 17.7 Å². The van der Waals surface area contributed by atoms with Gasteiger partial charge >= 0.3 is 0 Å². The fourth-order valence-corrected chi connectivity index (χ4v) is 2.32. The number of nitrogens with zero attached hydrogens (tertiary/aromatic N) is 1. The number of rotatable bonds is 8. The van der Waals surface area contributed by atoms with Gasteiger partial charge in [-0.05, 0) is 26.2 Å². The monoisotopic (exact) mass is 268 g/mol. The van der Waals surface area contributed by atoms with Crippen molar-refractivity contribution in [2.24, 2.45) is 5.92 Å². The number of likely N-dealkylation sites (tertiary alicyclic amines) is 1. The van der Waals surface area contributed by atoms with Gasteiger partial charge in [-0.3, -0.25) is 19.3 Å². The maximum Gasteiger partial charge on any atom is 0.232 e. The molecular formula is C14H24N2O3. The summed E-state index contributed by atoms with van der Waals surface area (Å²) in [5, 5.41) is 2.75. The molecule has 1 fully saturated rings. The van der Waals surface area contributed by atoms with Crippen molar-refractivity contribution in [2.45, 2.75) is 52.4 Å². The highest BCUT2D eigenvalue weighted by Crippen LogP contribution is 2.22. The minimum absolute atomic E-state index is 0.0174. The van der Waals surface area contributed by atoms with Crippen molar-refractivity contribution in [3.63, 3.8) is 0 Å². The Morgan fingerprint density at radius 3 is 2.58 bits per heavy atom. The number of amides is 3. The Labute approximate surface area is 114 Å². The van der Waals surface area contributed by atoms with Crippen molar-refractivity contribution in [1.82, 2.24) is 10.2 Å². The molecule has 108 valence electrons. The van der Waals surface area contributed by atoms with Crippen LogP contribution in [0.25, 0.3) is 0 Å². The van der Waals surface area contributed by atoms with E-state index in [0.717, 1.165) is 25.7 Å². The lowest BCUT2D eigenvalue weighted by atomic mass is 10.1. The topological polar surface area (TPSA) is 66.5 Å². The first kappa shape index (κ1) is 15.7. The first-order valence-electron chi connectivity index (χ1n) is 7.21. The molecule has 1 heterocycles. The Morgan fingerprint density at radius 1 is 1.26 bits per heavy atom. The molecule has 5 nitrogen and oxygen atoms in total. The van der Waals surface area contributed by atoms with E-state index in [2.05, 4.69) is 5.32 Å². The molecule has 1 aliphatic heterocycles. The smallest absolute Gasteiger partial charge is 0.232 e. The molecule has 0 bridgehead atoms. The minimum Gasteiger partial charge on any atom is -0.356 e. The zero-order valence-corrected chi connectivity index (χ0v) is 11.9. The summed E-state index contributed by atoms with van der Waals surface area (Å²) >= 11 is 0. The van der Waals surface area contributed by atoms with E-state index >= 15 is 0 Å². The summed E-state index contributed by atoms with van der Waals surface area (Å²) in [7, 11) is 0. The Kier molecular flexibility index (Phi) is 6.53. The molecule has 1 N–H and O–H groups in total. The third-order valence-electron chi connectivity index (χ3n) is 3.49. The molecule has 1 rings (SSSR count).